The van der Waals surface area contributed by atoms with Crippen LogP contribution in [0.1, 0.15) is 32.6 Å². The molecule has 0 aromatic carbocycles. The van der Waals surface area contributed by atoms with Crippen LogP contribution in [0.4, 0.5) is 0 Å². The van der Waals surface area contributed by atoms with Crippen LogP contribution < -0.4 is 10.6 Å². The summed E-state index contributed by atoms with van der Waals surface area (Å²) >= 11 is 0. The highest BCUT2D eigenvalue weighted by atomic mass is 16.5. The fourth-order valence-electron chi connectivity index (χ4n) is 2.11. The Labute approximate surface area is 98.1 Å². The summed E-state index contributed by atoms with van der Waals surface area (Å²) < 4.78 is 4.97. The number of hydrogen-bond acceptors (Lipinski definition) is 3. The van der Waals surface area contributed by atoms with Gasteiger partial charge in [0.2, 0.25) is 5.91 Å². The zero-order valence-electron chi connectivity index (χ0n) is 10.4. The second-order valence-electron chi connectivity index (χ2n) is 4.48. The molecule has 1 fully saturated rings. The SMILES string of the molecule is COCCCCCNC(=O)C1CCNC1C. The van der Waals surface area contributed by atoms with Crippen LogP contribution in [0.25, 0.3) is 0 Å². The molecule has 0 spiro atoms. The Morgan fingerprint density at radius 3 is 2.88 bits per heavy atom. The molecule has 1 saturated heterocycles. The van der Waals surface area contributed by atoms with E-state index in [0.29, 0.717) is 6.04 Å². The molecule has 2 unspecified atom stereocenters. The summed E-state index contributed by atoms with van der Waals surface area (Å²) in [6.07, 6.45) is 4.21. The Morgan fingerprint density at radius 1 is 1.44 bits per heavy atom. The van der Waals surface area contributed by atoms with Crippen molar-refractivity contribution in [3.63, 3.8) is 0 Å². The van der Waals surface area contributed by atoms with E-state index < -0.39 is 0 Å². The molecule has 0 bridgehead atoms. The molecule has 0 aliphatic carbocycles. The summed E-state index contributed by atoms with van der Waals surface area (Å²) in [5.74, 6) is 0.378. The van der Waals surface area contributed by atoms with Crippen molar-refractivity contribution < 1.29 is 9.53 Å². The first-order valence-corrected chi connectivity index (χ1v) is 6.25. The predicted molar refractivity (Wildman–Crippen MR) is 64.3 cm³/mol. The van der Waals surface area contributed by atoms with E-state index >= 15 is 0 Å². The number of unbranched alkanes of at least 4 members (excludes halogenated alkanes) is 2. The Hall–Kier alpha value is -0.610. The third kappa shape index (κ3) is 4.49. The normalized spacial score (nSPS) is 24.6. The molecule has 2 atom stereocenters. The molecule has 0 radical (unpaired) electrons. The van der Waals surface area contributed by atoms with E-state index in [9.17, 15) is 4.79 Å². The van der Waals surface area contributed by atoms with E-state index in [1.54, 1.807) is 7.11 Å². The molecule has 1 aliphatic rings. The second kappa shape index (κ2) is 7.63. The van der Waals surface area contributed by atoms with Gasteiger partial charge in [0, 0.05) is 26.3 Å². The van der Waals surface area contributed by atoms with Gasteiger partial charge in [-0.1, -0.05) is 0 Å². The molecule has 0 aromatic heterocycles. The standard InChI is InChI=1S/C12H24N2O2/c1-10-11(6-8-13-10)12(15)14-7-4-3-5-9-16-2/h10-11,13H,3-9H2,1-2H3,(H,14,15). The highest BCUT2D eigenvalue weighted by Crippen LogP contribution is 2.14. The summed E-state index contributed by atoms with van der Waals surface area (Å²) in [7, 11) is 1.72. The molecule has 4 nitrogen and oxygen atoms in total. The molecule has 94 valence electrons. The van der Waals surface area contributed by atoms with Crippen LogP contribution in [0.2, 0.25) is 0 Å². The first kappa shape index (κ1) is 13.5. The van der Waals surface area contributed by atoms with Crippen LogP contribution in [-0.4, -0.2) is 38.8 Å². The highest BCUT2D eigenvalue weighted by molar-refractivity contribution is 5.79. The van der Waals surface area contributed by atoms with Gasteiger partial charge >= 0.3 is 0 Å². The minimum absolute atomic E-state index is 0.166. The third-order valence-electron chi connectivity index (χ3n) is 3.19. The van der Waals surface area contributed by atoms with Gasteiger partial charge in [0.25, 0.3) is 0 Å². The van der Waals surface area contributed by atoms with Gasteiger partial charge < -0.3 is 15.4 Å². The topological polar surface area (TPSA) is 50.4 Å². The predicted octanol–water partition coefficient (Wildman–Crippen LogP) is 0.917. The Bertz CT molecular complexity index is 209. The average molecular weight is 228 g/mol. The number of nitrogens with one attached hydrogen (secondary N) is 2. The number of methoxy groups -OCH3 is 1. The number of amides is 1. The molecular formula is C12H24N2O2. The van der Waals surface area contributed by atoms with E-state index in [2.05, 4.69) is 17.6 Å². The number of ether oxygens (including phenoxy) is 1. The Morgan fingerprint density at radius 2 is 2.25 bits per heavy atom. The molecule has 1 aliphatic heterocycles. The van der Waals surface area contributed by atoms with Gasteiger partial charge in [-0.3, -0.25) is 4.79 Å². The Kier molecular flexibility index (Phi) is 6.42. The zero-order valence-corrected chi connectivity index (χ0v) is 10.4. The summed E-state index contributed by atoms with van der Waals surface area (Å²) in [5.41, 5.74) is 0. The molecule has 1 heterocycles. The maximum absolute atomic E-state index is 11.8. The van der Waals surface area contributed by atoms with E-state index in [1.165, 1.54) is 0 Å². The molecule has 2 N–H and O–H groups in total. The maximum atomic E-state index is 11.8. The van der Waals surface area contributed by atoms with Crippen molar-refractivity contribution in [3.8, 4) is 0 Å². The summed E-state index contributed by atoms with van der Waals surface area (Å²) in [6.45, 7) is 4.66. The van der Waals surface area contributed by atoms with E-state index in [-0.39, 0.29) is 11.8 Å². The van der Waals surface area contributed by atoms with Crippen LogP contribution in [-0.2, 0) is 9.53 Å². The monoisotopic (exact) mass is 228 g/mol. The van der Waals surface area contributed by atoms with Crippen molar-refractivity contribution in [1.82, 2.24) is 10.6 Å². The van der Waals surface area contributed by atoms with Crippen molar-refractivity contribution in [2.45, 2.75) is 38.6 Å². The first-order chi connectivity index (χ1) is 7.75. The van der Waals surface area contributed by atoms with Crippen molar-refractivity contribution in [2.24, 2.45) is 5.92 Å². The number of rotatable bonds is 7. The molecule has 0 saturated carbocycles. The summed E-state index contributed by atoms with van der Waals surface area (Å²) in [4.78, 5) is 11.8. The largest absolute Gasteiger partial charge is 0.385 e. The molecule has 0 aromatic rings. The van der Waals surface area contributed by atoms with Crippen LogP contribution >= 0.6 is 0 Å². The van der Waals surface area contributed by atoms with Gasteiger partial charge in [-0.2, -0.15) is 0 Å². The lowest BCUT2D eigenvalue weighted by Crippen LogP contribution is -2.37. The van der Waals surface area contributed by atoms with Gasteiger partial charge in [0.1, 0.15) is 0 Å². The van der Waals surface area contributed by atoms with E-state index in [1.807, 2.05) is 0 Å². The fraction of sp³-hybridized carbons (Fsp3) is 0.917. The summed E-state index contributed by atoms with van der Waals surface area (Å²) in [5, 5.41) is 6.30. The van der Waals surface area contributed by atoms with Gasteiger partial charge in [-0.15, -0.1) is 0 Å². The van der Waals surface area contributed by atoms with Crippen molar-refractivity contribution in [1.29, 1.82) is 0 Å². The first-order valence-electron chi connectivity index (χ1n) is 6.25. The average Bonchev–Trinajstić information content (AvgIpc) is 2.69. The van der Waals surface area contributed by atoms with Crippen LogP contribution in [0.5, 0.6) is 0 Å². The van der Waals surface area contributed by atoms with Crippen molar-refractivity contribution in [3.05, 3.63) is 0 Å². The second-order valence-corrected chi connectivity index (χ2v) is 4.48. The lowest BCUT2D eigenvalue weighted by Gasteiger charge is -2.14. The molecule has 1 amide bonds. The van der Waals surface area contributed by atoms with Gasteiger partial charge in [0.15, 0.2) is 0 Å². The number of hydrogen-bond donors (Lipinski definition) is 2. The van der Waals surface area contributed by atoms with Crippen LogP contribution in [0, 0.1) is 5.92 Å². The lowest BCUT2D eigenvalue weighted by atomic mass is 10.0. The fourth-order valence-corrected chi connectivity index (χ4v) is 2.11. The lowest BCUT2D eigenvalue weighted by molar-refractivity contribution is -0.125. The smallest absolute Gasteiger partial charge is 0.224 e. The van der Waals surface area contributed by atoms with E-state index in [0.717, 1.165) is 45.4 Å². The van der Waals surface area contributed by atoms with Gasteiger partial charge in [0.05, 0.1) is 5.92 Å². The number of carbonyl (C=O) groups excluding carboxylic acids is 1. The molecular weight excluding hydrogens is 204 g/mol. The number of carbonyl (C=O) groups is 1. The van der Waals surface area contributed by atoms with Crippen LogP contribution in [0.15, 0.2) is 0 Å². The Balaban J connectivity index is 2.02. The highest BCUT2D eigenvalue weighted by Gasteiger charge is 2.28. The maximum Gasteiger partial charge on any atom is 0.224 e. The quantitative estimate of drug-likeness (QED) is 0.637. The van der Waals surface area contributed by atoms with Crippen LogP contribution in [0.3, 0.4) is 0 Å². The van der Waals surface area contributed by atoms with Crippen molar-refractivity contribution >= 4 is 5.91 Å². The third-order valence-corrected chi connectivity index (χ3v) is 3.19. The summed E-state index contributed by atoms with van der Waals surface area (Å²) in [6, 6.07) is 0.327. The zero-order chi connectivity index (χ0) is 11.8. The van der Waals surface area contributed by atoms with E-state index in [4.69, 9.17) is 4.74 Å². The minimum atomic E-state index is 0.166. The molecule has 16 heavy (non-hydrogen) atoms. The molecule has 4 heteroatoms. The molecule has 1 rings (SSSR count). The van der Waals surface area contributed by atoms with Gasteiger partial charge in [-0.25, -0.2) is 0 Å². The minimum Gasteiger partial charge on any atom is -0.385 e. The van der Waals surface area contributed by atoms with Crippen molar-refractivity contribution in [2.75, 3.05) is 26.8 Å². The van der Waals surface area contributed by atoms with Gasteiger partial charge in [-0.05, 0) is 39.2 Å².